The minimum atomic E-state index is -0.796. The second-order valence-electron chi connectivity index (χ2n) is 5.10. The fraction of sp³-hybridized carbons (Fsp3) is 0.214. The molecule has 10 nitrogen and oxygen atoms in total. The van der Waals surface area contributed by atoms with Crippen molar-refractivity contribution in [2.75, 3.05) is 5.32 Å². The summed E-state index contributed by atoms with van der Waals surface area (Å²) in [5.41, 5.74) is -1.01. The Hall–Kier alpha value is -3.21. The number of nitrogens with zero attached hydrogens (tertiary/aromatic N) is 3. The molecule has 0 unspecified atom stereocenters. The van der Waals surface area contributed by atoms with Gasteiger partial charge in [0, 0.05) is 19.1 Å². The molecule has 0 atom stereocenters. The number of aromatic nitrogens is 1. The normalized spacial score (nSPS) is 10.4. The highest BCUT2D eigenvalue weighted by molar-refractivity contribution is 7.17. The molecule has 2 rings (SSSR count). The maximum Gasteiger partial charge on any atom is 0.279 e. The van der Waals surface area contributed by atoms with Crippen molar-refractivity contribution in [2.45, 2.75) is 20.8 Å². The summed E-state index contributed by atoms with van der Waals surface area (Å²) in [4.78, 5) is 48.6. The first-order valence-corrected chi connectivity index (χ1v) is 7.66. The smallest absolute Gasteiger partial charge is 0.279 e. The Bertz CT molecular complexity index is 885. The molecule has 0 aliphatic heterocycles. The zero-order chi connectivity index (χ0) is 18.9. The highest BCUT2D eigenvalue weighted by atomic mass is 32.1. The molecule has 1 heterocycles. The molecule has 0 fully saturated rings. The lowest BCUT2D eigenvalue weighted by atomic mass is 10.1. The van der Waals surface area contributed by atoms with E-state index >= 15 is 0 Å². The molecule has 1 N–H and O–H groups in total. The van der Waals surface area contributed by atoms with Crippen LogP contribution in [0.15, 0.2) is 12.1 Å². The number of hydrogen-bond acceptors (Lipinski definition) is 8. The summed E-state index contributed by atoms with van der Waals surface area (Å²) in [6.07, 6.45) is 0. The lowest BCUT2D eigenvalue weighted by Crippen LogP contribution is -2.13. The van der Waals surface area contributed by atoms with Gasteiger partial charge in [-0.15, -0.1) is 0 Å². The summed E-state index contributed by atoms with van der Waals surface area (Å²) in [6.45, 7) is 4.20. The summed E-state index contributed by atoms with van der Waals surface area (Å²) >= 11 is 0.954. The zero-order valence-electron chi connectivity index (χ0n) is 13.4. The van der Waals surface area contributed by atoms with Crippen LogP contribution >= 0.6 is 11.3 Å². The van der Waals surface area contributed by atoms with Gasteiger partial charge in [-0.25, -0.2) is 4.98 Å². The molecule has 1 aromatic carbocycles. The number of nitro benzene ring substituents is 2. The third-order valence-corrected chi connectivity index (χ3v) is 4.52. The molecule has 2 aromatic rings. The number of nitro groups is 2. The number of thiazole rings is 1. The van der Waals surface area contributed by atoms with E-state index in [1.165, 1.54) is 13.8 Å². The molecule has 0 radical (unpaired) electrons. The first kappa shape index (κ1) is 18.1. The molecular formula is C14H12N4O6S. The monoisotopic (exact) mass is 364 g/mol. The van der Waals surface area contributed by atoms with Crippen molar-refractivity contribution >= 4 is 39.5 Å². The number of carbonyl (C=O) groups excluding carboxylic acids is 2. The Kier molecular flexibility index (Phi) is 4.88. The molecule has 0 saturated heterocycles. The summed E-state index contributed by atoms with van der Waals surface area (Å²) in [6, 6.07) is 1.92. The Morgan fingerprint density at radius 2 is 1.64 bits per heavy atom. The minimum Gasteiger partial charge on any atom is -0.298 e. The summed E-state index contributed by atoms with van der Waals surface area (Å²) in [5, 5.41) is 24.6. The molecule has 0 aliphatic carbocycles. The van der Waals surface area contributed by atoms with Crippen molar-refractivity contribution in [3.8, 4) is 0 Å². The van der Waals surface area contributed by atoms with Crippen molar-refractivity contribution in [3.63, 3.8) is 0 Å². The highest BCUT2D eigenvalue weighted by Crippen LogP contribution is 2.30. The zero-order valence-corrected chi connectivity index (χ0v) is 14.2. The second-order valence-corrected chi connectivity index (χ2v) is 6.10. The first-order valence-electron chi connectivity index (χ1n) is 6.85. The Labute approximate surface area is 144 Å². The Morgan fingerprint density at radius 1 is 1.12 bits per heavy atom. The quantitative estimate of drug-likeness (QED) is 0.487. The van der Waals surface area contributed by atoms with Crippen molar-refractivity contribution in [2.24, 2.45) is 0 Å². The van der Waals surface area contributed by atoms with Crippen molar-refractivity contribution < 1.29 is 19.4 Å². The molecule has 1 aromatic heterocycles. The minimum absolute atomic E-state index is 0.124. The number of nitrogens with one attached hydrogen (secondary N) is 1. The third kappa shape index (κ3) is 3.66. The molecule has 1 amide bonds. The van der Waals surface area contributed by atoms with E-state index in [-0.39, 0.29) is 22.0 Å². The van der Waals surface area contributed by atoms with Crippen LogP contribution in [0.1, 0.15) is 38.2 Å². The van der Waals surface area contributed by atoms with E-state index in [0.717, 1.165) is 23.5 Å². The third-order valence-electron chi connectivity index (χ3n) is 3.35. The molecule has 11 heteroatoms. The predicted octanol–water partition coefficient (Wildman–Crippen LogP) is 3.03. The van der Waals surface area contributed by atoms with Crippen LogP contribution < -0.4 is 5.32 Å². The number of benzene rings is 1. The van der Waals surface area contributed by atoms with Gasteiger partial charge in [-0.2, -0.15) is 0 Å². The van der Waals surface area contributed by atoms with Gasteiger partial charge in [0.1, 0.15) is 5.56 Å². The van der Waals surface area contributed by atoms with Gasteiger partial charge in [0.2, 0.25) is 0 Å². The SMILES string of the molecule is CC(=O)c1sc(NC(=O)c2cc([N+](=O)[O-])c(C)c([N+](=O)[O-])c2)nc1C. The average Bonchev–Trinajstić information content (AvgIpc) is 2.87. The van der Waals surface area contributed by atoms with Crippen LogP contribution in [0.3, 0.4) is 0 Å². The number of carbonyl (C=O) groups is 2. The number of amides is 1. The Balaban J connectivity index is 2.42. The average molecular weight is 364 g/mol. The standard InChI is InChI=1S/C14H12N4O6S/c1-6-10(17(21)22)4-9(5-11(6)18(23)24)13(20)16-14-15-7(2)12(25-14)8(3)19/h4-5H,1-3H3,(H,15,16,20). The highest BCUT2D eigenvalue weighted by Gasteiger charge is 2.26. The fourth-order valence-corrected chi connectivity index (χ4v) is 3.00. The number of Topliss-reactive ketones (excluding diaryl/α,β-unsaturated/α-hetero) is 1. The number of rotatable bonds is 5. The van der Waals surface area contributed by atoms with Crippen molar-refractivity contribution in [3.05, 3.63) is 54.1 Å². The molecule has 25 heavy (non-hydrogen) atoms. The molecule has 0 saturated carbocycles. The van der Waals surface area contributed by atoms with Gasteiger partial charge in [-0.05, 0) is 13.8 Å². The maximum atomic E-state index is 12.3. The van der Waals surface area contributed by atoms with Crippen LogP contribution in [0, 0.1) is 34.1 Å². The van der Waals surface area contributed by atoms with Crippen molar-refractivity contribution in [1.82, 2.24) is 4.98 Å². The number of hydrogen-bond donors (Lipinski definition) is 1. The van der Waals surface area contributed by atoms with E-state index in [9.17, 15) is 29.8 Å². The van der Waals surface area contributed by atoms with Gasteiger partial charge in [0.05, 0.1) is 26.0 Å². The van der Waals surface area contributed by atoms with E-state index < -0.39 is 27.1 Å². The van der Waals surface area contributed by atoms with Crippen LogP contribution in [-0.4, -0.2) is 26.5 Å². The fourth-order valence-electron chi connectivity index (χ4n) is 2.14. The molecule has 0 aliphatic rings. The van der Waals surface area contributed by atoms with E-state index in [1.54, 1.807) is 6.92 Å². The second kappa shape index (κ2) is 6.73. The van der Waals surface area contributed by atoms with Crippen LogP contribution in [-0.2, 0) is 0 Å². The number of ketones is 1. The van der Waals surface area contributed by atoms with Crippen LogP contribution in [0.25, 0.3) is 0 Å². The topological polar surface area (TPSA) is 145 Å². The Morgan fingerprint density at radius 3 is 2.04 bits per heavy atom. The molecule has 0 spiro atoms. The summed E-state index contributed by atoms with van der Waals surface area (Å²) in [5.74, 6) is -1.01. The number of aryl methyl sites for hydroxylation is 1. The van der Waals surface area contributed by atoms with Gasteiger partial charge in [-0.1, -0.05) is 11.3 Å². The van der Waals surface area contributed by atoms with Crippen LogP contribution in [0.5, 0.6) is 0 Å². The van der Waals surface area contributed by atoms with Crippen LogP contribution in [0.2, 0.25) is 0 Å². The van der Waals surface area contributed by atoms with E-state index in [2.05, 4.69) is 10.3 Å². The maximum absolute atomic E-state index is 12.3. The van der Waals surface area contributed by atoms with Gasteiger partial charge in [0.15, 0.2) is 10.9 Å². The summed E-state index contributed by atoms with van der Waals surface area (Å²) < 4.78 is 0. The van der Waals surface area contributed by atoms with E-state index in [0.29, 0.717) is 10.6 Å². The lowest BCUT2D eigenvalue weighted by Gasteiger charge is -2.04. The molecular weight excluding hydrogens is 352 g/mol. The van der Waals surface area contributed by atoms with Gasteiger partial charge in [0.25, 0.3) is 17.3 Å². The lowest BCUT2D eigenvalue weighted by molar-refractivity contribution is -0.395. The number of anilines is 1. The van der Waals surface area contributed by atoms with Gasteiger partial charge >= 0.3 is 0 Å². The van der Waals surface area contributed by atoms with Crippen LogP contribution in [0.4, 0.5) is 16.5 Å². The first-order chi connectivity index (χ1) is 11.6. The predicted molar refractivity (Wildman–Crippen MR) is 89.3 cm³/mol. The van der Waals surface area contributed by atoms with Gasteiger partial charge in [-0.3, -0.25) is 35.1 Å². The largest absolute Gasteiger partial charge is 0.298 e. The van der Waals surface area contributed by atoms with Gasteiger partial charge < -0.3 is 0 Å². The van der Waals surface area contributed by atoms with Crippen molar-refractivity contribution in [1.29, 1.82) is 0 Å². The van der Waals surface area contributed by atoms with E-state index in [4.69, 9.17) is 0 Å². The summed E-state index contributed by atoms with van der Waals surface area (Å²) in [7, 11) is 0. The molecule has 0 bridgehead atoms. The molecule has 130 valence electrons. The van der Waals surface area contributed by atoms with E-state index in [1.807, 2.05) is 0 Å².